The molecule has 0 N–H and O–H groups in total. The fourth-order valence-electron chi connectivity index (χ4n) is 1.90. The fraction of sp³-hybridized carbons (Fsp3) is 0.267. The van der Waals surface area contributed by atoms with Crippen molar-refractivity contribution in [2.45, 2.75) is 20.8 Å². The summed E-state index contributed by atoms with van der Waals surface area (Å²) in [4.78, 5) is 11.0. The third-order valence-electron chi connectivity index (χ3n) is 2.65. The Morgan fingerprint density at radius 1 is 1.12 bits per heavy atom. The number of Topliss-reactive ketones (excluding diaryl/α,β-unsaturated/α-hetero) is 1. The molecule has 0 unspecified atom stereocenters. The van der Waals surface area contributed by atoms with Crippen LogP contribution in [0.2, 0.25) is 0 Å². The standard InChI is InChI=1S/C15H16O2/c1-10-4-5-14-13(6-10)7-11(2)8-15(14)17-9-12(3)16/h4-8H,9H2,1-3H3. The van der Waals surface area contributed by atoms with Crippen LogP contribution < -0.4 is 4.74 Å². The van der Waals surface area contributed by atoms with Gasteiger partial charge in [0.15, 0.2) is 5.78 Å². The van der Waals surface area contributed by atoms with Gasteiger partial charge in [0.25, 0.3) is 0 Å². The Bertz CT molecular complexity index is 565. The van der Waals surface area contributed by atoms with Gasteiger partial charge in [0.1, 0.15) is 12.4 Å². The Morgan fingerprint density at radius 3 is 2.53 bits per heavy atom. The van der Waals surface area contributed by atoms with Gasteiger partial charge >= 0.3 is 0 Å². The second-order valence-corrected chi connectivity index (χ2v) is 4.48. The van der Waals surface area contributed by atoms with E-state index in [-0.39, 0.29) is 12.4 Å². The minimum absolute atomic E-state index is 0.0340. The number of ketones is 1. The third kappa shape index (κ3) is 2.64. The number of hydrogen-bond acceptors (Lipinski definition) is 2. The van der Waals surface area contributed by atoms with Gasteiger partial charge < -0.3 is 4.74 Å². The minimum atomic E-state index is 0.0340. The molecule has 2 heteroatoms. The van der Waals surface area contributed by atoms with Crippen LogP contribution in [-0.4, -0.2) is 12.4 Å². The van der Waals surface area contributed by atoms with Crippen molar-refractivity contribution in [2.24, 2.45) is 0 Å². The highest BCUT2D eigenvalue weighted by Crippen LogP contribution is 2.28. The first kappa shape index (κ1) is 11.6. The van der Waals surface area contributed by atoms with E-state index in [1.54, 1.807) is 0 Å². The van der Waals surface area contributed by atoms with Crippen LogP contribution in [0.4, 0.5) is 0 Å². The monoisotopic (exact) mass is 228 g/mol. The van der Waals surface area contributed by atoms with Crippen LogP contribution >= 0.6 is 0 Å². The zero-order valence-electron chi connectivity index (χ0n) is 10.4. The maximum Gasteiger partial charge on any atom is 0.167 e. The predicted molar refractivity (Wildman–Crippen MR) is 69.6 cm³/mol. The first-order valence-corrected chi connectivity index (χ1v) is 5.69. The van der Waals surface area contributed by atoms with Crippen molar-refractivity contribution < 1.29 is 9.53 Å². The number of carbonyl (C=O) groups excluding carboxylic acids is 1. The molecule has 0 saturated heterocycles. The molecule has 0 spiro atoms. The summed E-state index contributed by atoms with van der Waals surface area (Å²) in [6.07, 6.45) is 0. The molecule has 0 radical (unpaired) electrons. The van der Waals surface area contributed by atoms with Gasteiger partial charge in [-0.1, -0.05) is 29.8 Å². The smallest absolute Gasteiger partial charge is 0.167 e. The van der Waals surface area contributed by atoms with Crippen LogP contribution in [0.3, 0.4) is 0 Å². The topological polar surface area (TPSA) is 26.3 Å². The van der Waals surface area contributed by atoms with Crippen molar-refractivity contribution in [1.82, 2.24) is 0 Å². The van der Waals surface area contributed by atoms with Crippen molar-refractivity contribution in [3.63, 3.8) is 0 Å². The van der Waals surface area contributed by atoms with Crippen LogP contribution in [-0.2, 0) is 4.79 Å². The quantitative estimate of drug-likeness (QED) is 0.804. The summed E-state index contributed by atoms with van der Waals surface area (Å²) in [7, 11) is 0. The molecule has 2 aromatic carbocycles. The molecule has 0 aliphatic carbocycles. The molecule has 17 heavy (non-hydrogen) atoms. The van der Waals surface area contributed by atoms with Crippen molar-refractivity contribution in [3.05, 3.63) is 41.5 Å². The lowest BCUT2D eigenvalue weighted by Gasteiger charge is -2.10. The number of rotatable bonds is 3. The second kappa shape index (κ2) is 4.58. The van der Waals surface area contributed by atoms with E-state index in [1.165, 1.54) is 12.5 Å². The molecule has 0 heterocycles. The zero-order chi connectivity index (χ0) is 12.4. The van der Waals surface area contributed by atoms with Gasteiger partial charge in [-0.2, -0.15) is 0 Å². The van der Waals surface area contributed by atoms with Crippen LogP contribution in [0.25, 0.3) is 10.8 Å². The molecule has 2 nitrogen and oxygen atoms in total. The lowest BCUT2D eigenvalue weighted by atomic mass is 10.0. The van der Waals surface area contributed by atoms with Gasteiger partial charge in [-0.25, -0.2) is 0 Å². The maximum atomic E-state index is 11.0. The molecule has 0 fully saturated rings. The average Bonchev–Trinajstić information content (AvgIpc) is 2.24. The summed E-state index contributed by atoms with van der Waals surface area (Å²) in [5, 5.41) is 2.21. The van der Waals surface area contributed by atoms with Crippen LogP contribution in [0.15, 0.2) is 30.3 Å². The first-order chi connectivity index (χ1) is 8.06. The summed E-state index contributed by atoms with van der Waals surface area (Å²) < 4.78 is 5.55. The highest BCUT2D eigenvalue weighted by molar-refractivity contribution is 5.90. The van der Waals surface area contributed by atoms with Crippen LogP contribution in [0.5, 0.6) is 5.75 Å². The molecular weight excluding hydrogens is 212 g/mol. The number of hydrogen-bond donors (Lipinski definition) is 0. The summed E-state index contributed by atoms with van der Waals surface area (Å²) in [6.45, 7) is 5.76. The van der Waals surface area contributed by atoms with E-state index in [4.69, 9.17) is 4.74 Å². The van der Waals surface area contributed by atoms with Crippen molar-refractivity contribution in [3.8, 4) is 5.75 Å². The van der Waals surface area contributed by atoms with E-state index < -0.39 is 0 Å². The van der Waals surface area contributed by atoms with Gasteiger partial charge in [-0.05, 0) is 37.8 Å². The summed E-state index contributed by atoms with van der Waals surface area (Å²) in [5.41, 5.74) is 2.36. The van der Waals surface area contributed by atoms with E-state index in [1.807, 2.05) is 19.1 Å². The molecule has 0 aliphatic heterocycles. The van der Waals surface area contributed by atoms with Crippen LogP contribution in [0.1, 0.15) is 18.1 Å². The summed E-state index contributed by atoms with van der Waals surface area (Å²) in [5.74, 6) is 0.821. The molecule has 0 atom stereocenters. The SMILES string of the molecule is CC(=O)COc1cc(C)cc2cc(C)ccc12. The Morgan fingerprint density at radius 2 is 1.82 bits per heavy atom. The lowest BCUT2D eigenvalue weighted by molar-refractivity contribution is -0.118. The second-order valence-electron chi connectivity index (χ2n) is 4.48. The largest absolute Gasteiger partial charge is 0.485 e. The molecule has 88 valence electrons. The van der Waals surface area contributed by atoms with E-state index in [0.717, 1.165) is 22.1 Å². The van der Waals surface area contributed by atoms with Gasteiger partial charge in [0, 0.05) is 5.39 Å². The molecule has 0 amide bonds. The molecule has 0 aliphatic rings. The summed E-state index contributed by atoms with van der Waals surface area (Å²) in [6, 6.07) is 10.3. The normalized spacial score (nSPS) is 10.5. The Labute approximate surface area is 101 Å². The average molecular weight is 228 g/mol. The third-order valence-corrected chi connectivity index (χ3v) is 2.65. The molecular formula is C15H16O2. The van der Waals surface area contributed by atoms with Crippen molar-refractivity contribution in [1.29, 1.82) is 0 Å². The predicted octanol–water partition coefficient (Wildman–Crippen LogP) is 3.42. The molecule has 0 saturated carbocycles. The number of fused-ring (bicyclic) bond motifs is 1. The minimum Gasteiger partial charge on any atom is -0.485 e. The van der Waals surface area contributed by atoms with Crippen molar-refractivity contribution in [2.75, 3.05) is 6.61 Å². The van der Waals surface area contributed by atoms with Gasteiger partial charge in [-0.3, -0.25) is 4.79 Å². The molecule has 2 aromatic rings. The van der Waals surface area contributed by atoms with Crippen LogP contribution in [0, 0.1) is 13.8 Å². The number of carbonyl (C=O) groups is 1. The molecule has 0 bridgehead atoms. The number of aryl methyl sites for hydroxylation is 2. The van der Waals surface area contributed by atoms with Gasteiger partial charge in [0.05, 0.1) is 0 Å². The number of benzene rings is 2. The first-order valence-electron chi connectivity index (χ1n) is 5.69. The fourth-order valence-corrected chi connectivity index (χ4v) is 1.90. The Hall–Kier alpha value is -1.83. The molecule has 0 aromatic heterocycles. The van der Waals surface area contributed by atoms with Gasteiger partial charge in [-0.15, -0.1) is 0 Å². The van der Waals surface area contributed by atoms with E-state index in [2.05, 4.69) is 25.1 Å². The maximum absolute atomic E-state index is 11.0. The lowest BCUT2D eigenvalue weighted by Crippen LogP contribution is -2.06. The summed E-state index contributed by atoms with van der Waals surface area (Å²) >= 11 is 0. The number of ether oxygens (including phenoxy) is 1. The van der Waals surface area contributed by atoms with E-state index >= 15 is 0 Å². The Kier molecular flexibility index (Phi) is 3.14. The van der Waals surface area contributed by atoms with E-state index in [9.17, 15) is 4.79 Å². The highest BCUT2D eigenvalue weighted by atomic mass is 16.5. The molecule has 2 rings (SSSR count). The van der Waals surface area contributed by atoms with Crippen molar-refractivity contribution >= 4 is 16.6 Å². The van der Waals surface area contributed by atoms with E-state index in [0.29, 0.717) is 0 Å². The highest BCUT2D eigenvalue weighted by Gasteiger charge is 2.05. The van der Waals surface area contributed by atoms with Gasteiger partial charge in [0.2, 0.25) is 0 Å². The zero-order valence-corrected chi connectivity index (χ0v) is 10.4. The Balaban J connectivity index is 2.50.